The molecule has 0 bridgehead atoms. The smallest absolute Gasteiger partial charge is 0.225 e. The molecular weight excluding hydrogens is 286 g/mol. The molecule has 1 aliphatic heterocycles. The normalized spacial score (nSPS) is 14.3. The molecule has 5 nitrogen and oxygen atoms in total. The van der Waals surface area contributed by atoms with E-state index in [2.05, 4.69) is 14.9 Å². The van der Waals surface area contributed by atoms with Gasteiger partial charge in [0, 0.05) is 36.4 Å². The second kappa shape index (κ2) is 7.85. The van der Waals surface area contributed by atoms with E-state index in [9.17, 15) is 4.79 Å². The minimum atomic E-state index is -0.0326. The molecule has 2 aromatic rings. The van der Waals surface area contributed by atoms with Crippen LogP contribution < -0.4 is 4.90 Å². The van der Waals surface area contributed by atoms with Crippen LogP contribution in [0.2, 0.25) is 0 Å². The van der Waals surface area contributed by atoms with Gasteiger partial charge in [-0.3, -0.25) is 4.79 Å². The maximum Gasteiger partial charge on any atom is 0.225 e. The number of carbonyl (C=O) groups excluding carboxylic acids is 1. The van der Waals surface area contributed by atoms with Crippen molar-refractivity contribution in [3.63, 3.8) is 0 Å². The third kappa shape index (κ3) is 3.86. The van der Waals surface area contributed by atoms with E-state index in [1.54, 1.807) is 12.4 Å². The van der Waals surface area contributed by atoms with Crippen LogP contribution in [-0.2, 0) is 4.74 Å². The minimum absolute atomic E-state index is 0.0326. The average molecular weight is 305 g/mol. The summed E-state index contributed by atoms with van der Waals surface area (Å²) >= 11 is 1.50. The van der Waals surface area contributed by atoms with Gasteiger partial charge in [-0.25, -0.2) is 9.97 Å². The molecule has 112 valence electrons. The Hall–Kier alpha value is -1.79. The van der Waals surface area contributed by atoms with Gasteiger partial charge in [-0.15, -0.1) is 0 Å². The van der Waals surface area contributed by atoms with E-state index < -0.39 is 0 Å². The summed E-state index contributed by atoms with van der Waals surface area (Å²) in [5, 5.41) is 3.72. The quantitative estimate of drug-likeness (QED) is 0.816. The molecular formula is C15H19N3O2S. The number of thiophene rings is 1. The number of carbonyl (C=O) groups is 1. The molecule has 0 amide bonds. The first kappa shape index (κ1) is 15.6. The molecule has 3 rings (SSSR count). The number of rotatable bonds is 3. The Bertz CT molecular complexity index is 549. The van der Waals surface area contributed by atoms with Gasteiger partial charge in [-0.05, 0) is 11.4 Å². The minimum Gasteiger partial charge on any atom is -0.378 e. The Labute approximate surface area is 128 Å². The highest BCUT2D eigenvalue weighted by atomic mass is 32.1. The number of anilines is 1. The van der Waals surface area contributed by atoms with Crippen molar-refractivity contribution < 1.29 is 9.53 Å². The van der Waals surface area contributed by atoms with Crippen molar-refractivity contribution in [3.05, 3.63) is 40.3 Å². The van der Waals surface area contributed by atoms with Gasteiger partial charge in [0.05, 0.1) is 18.8 Å². The standard InChI is InChI=1S/C13H13N3O2S.C2H6/c17-12(10-1-6-19-9-10)11-7-14-13(15-8-11)16-2-4-18-5-3-16;1-2/h1,6-9H,2-5H2;1-2H3. The van der Waals surface area contributed by atoms with Gasteiger partial charge in [0.15, 0.2) is 5.78 Å². The summed E-state index contributed by atoms with van der Waals surface area (Å²) in [6, 6.07) is 1.81. The van der Waals surface area contributed by atoms with Crippen LogP contribution in [0.5, 0.6) is 0 Å². The Kier molecular flexibility index (Phi) is 5.83. The Morgan fingerprint density at radius 1 is 1.19 bits per heavy atom. The van der Waals surface area contributed by atoms with Gasteiger partial charge in [-0.2, -0.15) is 11.3 Å². The molecule has 0 radical (unpaired) electrons. The van der Waals surface area contributed by atoms with Crippen LogP contribution >= 0.6 is 11.3 Å². The van der Waals surface area contributed by atoms with E-state index in [1.165, 1.54) is 11.3 Å². The fourth-order valence-corrected chi connectivity index (χ4v) is 2.56. The molecule has 3 heterocycles. The zero-order valence-electron chi connectivity index (χ0n) is 12.3. The summed E-state index contributed by atoms with van der Waals surface area (Å²) in [5.74, 6) is 0.625. The van der Waals surface area contributed by atoms with Crippen LogP contribution in [0.3, 0.4) is 0 Å². The van der Waals surface area contributed by atoms with Crippen molar-refractivity contribution in [2.45, 2.75) is 13.8 Å². The predicted octanol–water partition coefficient (Wildman–Crippen LogP) is 2.63. The van der Waals surface area contributed by atoms with E-state index in [-0.39, 0.29) is 5.78 Å². The highest BCUT2D eigenvalue weighted by Gasteiger charge is 2.15. The third-order valence-electron chi connectivity index (χ3n) is 2.98. The van der Waals surface area contributed by atoms with E-state index in [0.29, 0.717) is 30.3 Å². The zero-order valence-corrected chi connectivity index (χ0v) is 13.1. The van der Waals surface area contributed by atoms with Gasteiger partial charge in [0.25, 0.3) is 0 Å². The Morgan fingerprint density at radius 3 is 2.43 bits per heavy atom. The molecule has 0 aliphatic carbocycles. The van der Waals surface area contributed by atoms with E-state index >= 15 is 0 Å². The van der Waals surface area contributed by atoms with Gasteiger partial charge in [0.2, 0.25) is 5.95 Å². The molecule has 1 aliphatic rings. The second-order valence-electron chi connectivity index (χ2n) is 4.21. The number of aromatic nitrogens is 2. The first-order valence-corrected chi connectivity index (χ1v) is 8.00. The lowest BCUT2D eigenvalue weighted by Gasteiger charge is -2.26. The molecule has 6 heteroatoms. The average Bonchev–Trinajstić information content (AvgIpc) is 3.11. The van der Waals surface area contributed by atoms with Crippen molar-refractivity contribution in [2.75, 3.05) is 31.2 Å². The molecule has 0 spiro atoms. The van der Waals surface area contributed by atoms with Crippen LogP contribution in [0.15, 0.2) is 29.2 Å². The fourth-order valence-electron chi connectivity index (χ4n) is 1.93. The highest BCUT2D eigenvalue weighted by molar-refractivity contribution is 7.08. The number of morpholine rings is 1. The maximum absolute atomic E-state index is 12.1. The number of hydrogen-bond donors (Lipinski definition) is 0. The molecule has 2 aromatic heterocycles. The van der Waals surface area contributed by atoms with Crippen LogP contribution in [0.1, 0.15) is 29.8 Å². The molecule has 1 fully saturated rings. The summed E-state index contributed by atoms with van der Waals surface area (Å²) in [5.41, 5.74) is 1.21. The molecule has 1 saturated heterocycles. The summed E-state index contributed by atoms with van der Waals surface area (Å²) in [6.45, 7) is 6.97. The number of ether oxygens (including phenoxy) is 1. The molecule has 0 saturated carbocycles. The lowest BCUT2D eigenvalue weighted by Crippen LogP contribution is -2.37. The van der Waals surface area contributed by atoms with Gasteiger partial charge < -0.3 is 9.64 Å². The van der Waals surface area contributed by atoms with Gasteiger partial charge >= 0.3 is 0 Å². The van der Waals surface area contributed by atoms with Crippen molar-refractivity contribution >= 4 is 23.1 Å². The second-order valence-corrected chi connectivity index (χ2v) is 4.99. The van der Waals surface area contributed by atoms with Crippen LogP contribution in [0.4, 0.5) is 5.95 Å². The van der Waals surface area contributed by atoms with Gasteiger partial charge in [-0.1, -0.05) is 13.8 Å². The lowest BCUT2D eigenvalue weighted by molar-refractivity contribution is 0.103. The van der Waals surface area contributed by atoms with Crippen molar-refractivity contribution in [3.8, 4) is 0 Å². The molecule has 21 heavy (non-hydrogen) atoms. The van der Waals surface area contributed by atoms with Crippen molar-refractivity contribution in [2.24, 2.45) is 0 Å². The maximum atomic E-state index is 12.1. The van der Waals surface area contributed by atoms with Crippen LogP contribution in [0, 0.1) is 0 Å². The Balaban J connectivity index is 0.000000774. The largest absolute Gasteiger partial charge is 0.378 e. The molecule has 0 unspecified atom stereocenters. The predicted molar refractivity (Wildman–Crippen MR) is 84.2 cm³/mol. The first-order chi connectivity index (χ1) is 10.3. The number of nitrogens with zero attached hydrogens (tertiary/aromatic N) is 3. The molecule has 0 atom stereocenters. The van der Waals surface area contributed by atoms with Crippen molar-refractivity contribution in [1.82, 2.24) is 9.97 Å². The lowest BCUT2D eigenvalue weighted by atomic mass is 10.1. The Morgan fingerprint density at radius 2 is 1.86 bits per heavy atom. The summed E-state index contributed by atoms with van der Waals surface area (Å²) < 4.78 is 5.28. The number of hydrogen-bond acceptors (Lipinski definition) is 6. The fraction of sp³-hybridized carbons (Fsp3) is 0.400. The molecule has 0 aromatic carbocycles. The SMILES string of the molecule is CC.O=C(c1cnc(N2CCOCC2)nc1)c1ccsc1. The summed E-state index contributed by atoms with van der Waals surface area (Å²) in [7, 11) is 0. The number of ketones is 1. The molecule has 0 N–H and O–H groups in total. The van der Waals surface area contributed by atoms with Crippen LogP contribution in [-0.4, -0.2) is 42.1 Å². The van der Waals surface area contributed by atoms with Crippen LogP contribution in [0.25, 0.3) is 0 Å². The van der Waals surface area contributed by atoms with E-state index in [4.69, 9.17) is 4.74 Å². The zero-order chi connectivity index (χ0) is 15.1. The third-order valence-corrected chi connectivity index (χ3v) is 3.66. The van der Waals surface area contributed by atoms with Gasteiger partial charge in [0.1, 0.15) is 0 Å². The van der Waals surface area contributed by atoms with E-state index in [0.717, 1.165) is 13.1 Å². The topological polar surface area (TPSA) is 55.3 Å². The monoisotopic (exact) mass is 305 g/mol. The summed E-state index contributed by atoms with van der Waals surface area (Å²) in [4.78, 5) is 22.7. The van der Waals surface area contributed by atoms with E-state index in [1.807, 2.05) is 30.7 Å². The van der Waals surface area contributed by atoms with Crippen molar-refractivity contribution in [1.29, 1.82) is 0 Å². The highest BCUT2D eigenvalue weighted by Crippen LogP contribution is 2.14. The first-order valence-electron chi connectivity index (χ1n) is 7.06. The summed E-state index contributed by atoms with van der Waals surface area (Å²) in [6.07, 6.45) is 3.19.